The van der Waals surface area contributed by atoms with Crippen LogP contribution < -0.4 is 5.73 Å². The van der Waals surface area contributed by atoms with Crippen LogP contribution in [0.4, 0.5) is 0 Å². The fraction of sp³-hybridized carbons (Fsp3) is 0.750. The monoisotopic (exact) mass is 301 g/mol. The lowest BCUT2D eigenvalue weighted by Gasteiger charge is -2.21. The summed E-state index contributed by atoms with van der Waals surface area (Å²) in [5.74, 6) is 0. The molecule has 0 aliphatic carbocycles. The van der Waals surface area contributed by atoms with Crippen molar-refractivity contribution in [1.82, 2.24) is 19.0 Å². The highest BCUT2D eigenvalue weighted by Gasteiger charge is 2.28. The summed E-state index contributed by atoms with van der Waals surface area (Å²) in [4.78, 5) is 2.28. The molecule has 1 aliphatic heterocycles. The van der Waals surface area contributed by atoms with Crippen molar-refractivity contribution in [3.05, 3.63) is 12.3 Å². The number of aryl methyl sites for hydroxylation is 1. The first kappa shape index (κ1) is 15.4. The molecular weight excluding hydrogens is 278 g/mol. The Morgan fingerprint density at radius 3 is 2.75 bits per heavy atom. The van der Waals surface area contributed by atoms with Gasteiger partial charge in [0.2, 0.25) is 0 Å². The van der Waals surface area contributed by atoms with E-state index in [4.69, 9.17) is 5.73 Å². The maximum atomic E-state index is 12.6. The molecule has 7 nitrogen and oxygen atoms in total. The van der Waals surface area contributed by atoms with E-state index in [9.17, 15) is 8.42 Å². The molecule has 0 aromatic carbocycles. The minimum Gasteiger partial charge on any atom is -0.330 e. The van der Waals surface area contributed by atoms with Crippen molar-refractivity contribution >= 4 is 10.0 Å². The first-order chi connectivity index (χ1) is 9.55. The van der Waals surface area contributed by atoms with E-state index in [1.54, 1.807) is 17.4 Å². The van der Waals surface area contributed by atoms with Crippen LogP contribution in [0.3, 0.4) is 0 Å². The third kappa shape index (κ3) is 3.38. The summed E-state index contributed by atoms with van der Waals surface area (Å²) in [6.45, 7) is 4.39. The minimum absolute atomic E-state index is 0.257. The Labute approximate surface area is 120 Å². The average molecular weight is 301 g/mol. The maximum absolute atomic E-state index is 12.6. The van der Waals surface area contributed by atoms with Crippen LogP contribution in [-0.4, -0.2) is 66.7 Å². The first-order valence-electron chi connectivity index (χ1n) is 6.96. The van der Waals surface area contributed by atoms with Crippen LogP contribution in [-0.2, 0) is 17.1 Å². The zero-order chi connectivity index (χ0) is 14.6. The van der Waals surface area contributed by atoms with Gasteiger partial charge in [-0.2, -0.15) is 9.40 Å². The quantitative estimate of drug-likeness (QED) is 0.790. The second-order valence-corrected chi connectivity index (χ2v) is 6.92. The lowest BCUT2D eigenvalue weighted by molar-refractivity contribution is 0.284. The summed E-state index contributed by atoms with van der Waals surface area (Å²) in [5.41, 5.74) is 5.52. The Hall–Kier alpha value is -0.960. The van der Waals surface area contributed by atoms with Gasteiger partial charge >= 0.3 is 0 Å². The normalized spacial score (nSPS) is 19.1. The molecule has 0 saturated carbocycles. The molecule has 0 unspecified atom stereocenters. The highest BCUT2D eigenvalue weighted by atomic mass is 32.2. The van der Waals surface area contributed by atoms with Crippen molar-refractivity contribution in [3.8, 4) is 0 Å². The molecule has 1 saturated heterocycles. The van der Waals surface area contributed by atoms with Gasteiger partial charge in [-0.25, -0.2) is 8.42 Å². The molecule has 1 fully saturated rings. The molecule has 1 aromatic rings. The van der Waals surface area contributed by atoms with Crippen LogP contribution in [0.15, 0.2) is 17.3 Å². The van der Waals surface area contributed by atoms with Crippen molar-refractivity contribution in [1.29, 1.82) is 0 Å². The van der Waals surface area contributed by atoms with Gasteiger partial charge in [-0.1, -0.05) is 0 Å². The van der Waals surface area contributed by atoms with E-state index in [0.717, 1.165) is 32.5 Å². The smallest absolute Gasteiger partial charge is 0.260 e. The summed E-state index contributed by atoms with van der Waals surface area (Å²) in [5, 5.41) is 4.20. The van der Waals surface area contributed by atoms with Crippen molar-refractivity contribution in [2.75, 3.05) is 39.3 Å². The van der Waals surface area contributed by atoms with Crippen LogP contribution >= 0.6 is 0 Å². The van der Waals surface area contributed by atoms with Crippen molar-refractivity contribution in [3.63, 3.8) is 0 Å². The maximum Gasteiger partial charge on any atom is 0.260 e. The molecule has 0 spiro atoms. The Morgan fingerprint density at radius 2 is 2.10 bits per heavy atom. The second kappa shape index (κ2) is 6.66. The summed E-state index contributed by atoms with van der Waals surface area (Å²) in [7, 11) is -1.78. The van der Waals surface area contributed by atoms with E-state index in [1.165, 1.54) is 10.9 Å². The van der Waals surface area contributed by atoms with Crippen LogP contribution in [0.5, 0.6) is 0 Å². The highest BCUT2D eigenvalue weighted by Crippen LogP contribution is 2.16. The Morgan fingerprint density at radius 1 is 1.30 bits per heavy atom. The molecule has 8 heteroatoms. The standard InChI is InChI=1S/C12H23N5O2S/c1-15-12(4-6-14-15)20(18,19)17-9-3-8-16(10-11-17)7-2-5-13/h4,6H,2-3,5,7-11,13H2,1H3. The number of sulfonamides is 1. The fourth-order valence-electron chi connectivity index (χ4n) is 2.47. The summed E-state index contributed by atoms with van der Waals surface area (Å²) in [6, 6.07) is 1.55. The van der Waals surface area contributed by atoms with E-state index in [1.807, 2.05) is 0 Å². The van der Waals surface area contributed by atoms with Crippen molar-refractivity contribution in [2.24, 2.45) is 12.8 Å². The zero-order valence-corrected chi connectivity index (χ0v) is 12.7. The number of nitrogens with zero attached hydrogens (tertiary/aromatic N) is 4. The van der Waals surface area contributed by atoms with Gasteiger partial charge in [0.05, 0.1) is 6.20 Å². The summed E-state index contributed by atoms with van der Waals surface area (Å²) >= 11 is 0. The van der Waals surface area contributed by atoms with Crippen molar-refractivity contribution < 1.29 is 8.42 Å². The molecule has 2 N–H and O–H groups in total. The molecule has 20 heavy (non-hydrogen) atoms. The second-order valence-electron chi connectivity index (χ2n) is 5.03. The Kier molecular flexibility index (Phi) is 5.14. The number of rotatable bonds is 5. The minimum atomic E-state index is -3.43. The lowest BCUT2D eigenvalue weighted by atomic mass is 10.3. The highest BCUT2D eigenvalue weighted by molar-refractivity contribution is 7.89. The molecule has 0 bridgehead atoms. The van der Waals surface area contributed by atoms with Crippen LogP contribution in [0.1, 0.15) is 12.8 Å². The van der Waals surface area contributed by atoms with Crippen LogP contribution in [0, 0.1) is 0 Å². The summed E-state index contributed by atoms with van der Waals surface area (Å²) < 4.78 is 28.1. The van der Waals surface area contributed by atoms with E-state index in [0.29, 0.717) is 19.6 Å². The molecule has 0 amide bonds. The summed E-state index contributed by atoms with van der Waals surface area (Å²) in [6.07, 6.45) is 3.31. The largest absolute Gasteiger partial charge is 0.330 e. The number of aromatic nitrogens is 2. The molecule has 2 heterocycles. The van der Waals surface area contributed by atoms with Gasteiger partial charge in [-0.05, 0) is 38.5 Å². The van der Waals surface area contributed by atoms with Gasteiger partial charge in [0, 0.05) is 26.7 Å². The van der Waals surface area contributed by atoms with Gasteiger partial charge < -0.3 is 10.6 Å². The third-order valence-electron chi connectivity index (χ3n) is 3.61. The number of nitrogens with two attached hydrogens (primary N) is 1. The van der Waals surface area contributed by atoms with Crippen molar-refractivity contribution in [2.45, 2.75) is 17.9 Å². The number of hydrogen-bond donors (Lipinski definition) is 1. The van der Waals surface area contributed by atoms with Gasteiger partial charge in [0.25, 0.3) is 10.0 Å². The van der Waals surface area contributed by atoms with Crippen LogP contribution in [0.25, 0.3) is 0 Å². The molecule has 2 rings (SSSR count). The van der Waals surface area contributed by atoms with Gasteiger partial charge in [-0.15, -0.1) is 0 Å². The van der Waals surface area contributed by atoms with Gasteiger partial charge in [0.1, 0.15) is 0 Å². The third-order valence-corrected chi connectivity index (χ3v) is 5.58. The topological polar surface area (TPSA) is 84.5 Å². The molecular formula is C12H23N5O2S. The average Bonchev–Trinajstić information content (AvgIpc) is 2.72. The van der Waals surface area contributed by atoms with Gasteiger partial charge in [0.15, 0.2) is 5.03 Å². The SMILES string of the molecule is Cn1nccc1S(=O)(=O)N1CCCN(CCCN)CC1. The fourth-order valence-corrected chi connectivity index (χ4v) is 4.04. The molecule has 1 aliphatic rings. The lowest BCUT2D eigenvalue weighted by Crippen LogP contribution is -2.36. The predicted molar refractivity (Wildman–Crippen MR) is 76.7 cm³/mol. The zero-order valence-electron chi connectivity index (χ0n) is 11.9. The van der Waals surface area contributed by atoms with Crippen LogP contribution in [0.2, 0.25) is 0 Å². The van der Waals surface area contributed by atoms with E-state index in [2.05, 4.69) is 10.00 Å². The van der Waals surface area contributed by atoms with E-state index >= 15 is 0 Å². The Bertz CT molecular complexity index is 528. The van der Waals surface area contributed by atoms with Gasteiger partial charge in [-0.3, -0.25) is 4.68 Å². The molecule has 114 valence electrons. The molecule has 1 aromatic heterocycles. The van der Waals surface area contributed by atoms with E-state index in [-0.39, 0.29) is 5.03 Å². The first-order valence-corrected chi connectivity index (χ1v) is 8.40. The Balaban J connectivity index is 2.05. The number of hydrogen-bond acceptors (Lipinski definition) is 5. The molecule has 0 atom stereocenters. The van der Waals surface area contributed by atoms with E-state index < -0.39 is 10.0 Å². The molecule has 0 radical (unpaired) electrons. The predicted octanol–water partition coefficient (Wildman–Crippen LogP) is -0.535.